The first kappa shape index (κ1) is 13.4. The van der Waals surface area contributed by atoms with E-state index in [-0.39, 0.29) is 5.91 Å². The van der Waals surface area contributed by atoms with Gasteiger partial charge >= 0.3 is 0 Å². The number of quaternary nitrogens is 1. The quantitative estimate of drug-likeness (QED) is 0.476. The summed E-state index contributed by atoms with van der Waals surface area (Å²) in [6, 6.07) is 0. The molecule has 0 spiro atoms. The van der Waals surface area contributed by atoms with E-state index in [9.17, 15) is 4.79 Å². The van der Waals surface area contributed by atoms with Crippen LogP contribution in [0.15, 0.2) is 0 Å². The Balaban J connectivity index is 3.46. The molecule has 1 N–H and O–H groups in total. The van der Waals surface area contributed by atoms with Gasteiger partial charge in [0.05, 0.1) is 21.1 Å². The van der Waals surface area contributed by atoms with Crippen molar-refractivity contribution in [3.05, 3.63) is 0 Å². The van der Waals surface area contributed by atoms with Gasteiger partial charge in [-0.2, -0.15) is 0 Å². The average molecular weight is 202 g/mol. The first-order valence-corrected chi connectivity index (χ1v) is 5.03. The third-order valence-corrected chi connectivity index (χ3v) is 1.72. The monoisotopic (exact) mass is 202 g/mol. The van der Waals surface area contributed by atoms with Gasteiger partial charge in [0, 0.05) is 6.54 Å². The third-order valence-electron chi connectivity index (χ3n) is 1.72. The van der Waals surface area contributed by atoms with Gasteiger partial charge in [0.15, 0.2) is 6.54 Å². The topological polar surface area (TPSA) is 32.3 Å². The summed E-state index contributed by atoms with van der Waals surface area (Å²) in [5, 5.41) is 2.91. The predicted molar refractivity (Wildman–Crippen MR) is 59.1 cm³/mol. The second-order valence-corrected chi connectivity index (χ2v) is 4.96. The number of carbonyl (C=O) groups excluding carboxylic acids is 1. The molecule has 0 unspecified atom stereocenters. The number of carbonyl (C=O) groups is 1. The summed E-state index contributed by atoms with van der Waals surface area (Å²) < 4.78 is 0.680. The van der Waals surface area contributed by atoms with Crippen LogP contribution in [0.4, 0.5) is 0 Å². The minimum Gasteiger partial charge on any atom is -0.351 e. The molecule has 0 aliphatic carbocycles. The summed E-state index contributed by atoms with van der Waals surface area (Å²) in [6.45, 7) is 2.34. The van der Waals surface area contributed by atoms with Crippen LogP contribution in [0.5, 0.6) is 0 Å². The Morgan fingerprint density at radius 3 is 2.29 bits per heavy atom. The van der Waals surface area contributed by atoms with Crippen LogP contribution in [0.25, 0.3) is 0 Å². The van der Waals surface area contributed by atoms with Crippen LogP contribution in [-0.2, 0) is 4.79 Å². The number of rotatable bonds is 6. The first-order valence-electron chi connectivity index (χ1n) is 5.03. The Kier molecular flexibility index (Phi) is 5.72. The lowest BCUT2D eigenvalue weighted by molar-refractivity contribution is -0.862. The molecule has 0 saturated heterocycles. The lowest BCUT2D eigenvalue weighted by Gasteiger charge is -2.22. The molecule has 0 rings (SSSR count). The van der Waals surface area contributed by atoms with E-state index < -0.39 is 0 Å². The molecule has 0 aromatic heterocycles. The molecule has 14 heavy (non-hydrogen) atoms. The van der Waals surface area contributed by atoms with Gasteiger partial charge in [-0.1, -0.05) is 0 Å². The van der Waals surface area contributed by atoms with Crippen LogP contribution < -0.4 is 5.32 Å². The van der Waals surface area contributed by atoms with Crippen LogP contribution >= 0.6 is 0 Å². The van der Waals surface area contributed by atoms with Crippen molar-refractivity contribution in [1.29, 1.82) is 0 Å². The fraction of sp³-hybridized carbons (Fsp3) is 0.900. The van der Waals surface area contributed by atoms with Gasteiger partial charge in [-0.3, -0.25) is 4.79 Å². The van der Waals surface area contributed by atoms with E-state index in [0.29, 0.717) is 11.0 Å². The maximum absolute atomic E-state index is 11.4. The van der Waals surface area contributed by atoms with Gasteiger partial charge in [0.25, 0.3) is 5.91 Å². The first-order chi connectivity index (χ1) is 6.31. The second-order valence-electron chi connectivity index (χ2n) is 4.96. The zero-order valence-corrected chi connectivity index (χ0v) is 10.1. The molecule has 0 atom stereocenters. The summed E-state index contributed by atoms with van der Waals surface area (Å²) in [5.41, 5.74) is 0. The number of nitrogens with zero attached hydrogens (tertiary/aromatic N) is 2. The number of nitrogens with one attached hydrogen (secondary N) is 1. The number of hydrogen-bond acceptors (Lipinski definition) is 2. The fourth-order valence-corrected chi connectivity index (χ4v) is 1.11. The van der Waals surface area contributed by atoms with Crippen LogP contribution in [0.3, 0.4) is 0 Å². The molecule has 0 saturated carbocycles. The molecular weight excluding hydrogens is 178 g/mol. The Bertz CT molecular complexity index is 173. The van der Waals surface area contributed by atoms with Crippen molar-refractivity contribution in [2.45, 2.75) is 6.42 Å². The molecule has 0 aromatic rings. The average Bonchev–Trinajstić information content (AvgIpc) is 1.94. The minimum atomic E-state index is 0.135. The molecule has 0 aliphatic rings. The fourth-order valence-electron chi connectivity index (χ4n) is 1.11. The molecule has 0 heterocycles. The van der Waals surface area contributed by atoms with Gasteiger partial charge in [-0.05, 0) is 27.1 Å². The largest absolute Gasteiger partial charge is 0.351 e. The summed E-state index contributed by atoms with van der Waals surface area (Å²) in [7, 11) is 10.1. The molecular formula is C10H24N3O+. The highest BCUT2D eigenvalue weighted by Gasteiger charge is 2.12. The molecule has 0 aliphatic heterocycles. The van der Waals surface area contributed by atoms with Crippen LogP contribution in [0.2, 0.25) is 0 Å². The SMILES string of the molecule is CN(C)CCCNC(=O)C[N+](C)(C)C. The van der Waals surface area contributed by atoms with Crippen molar-refractivity contribution >= 4 is 5.91 Å². The van der Waals surface area contributed by atoms with Gasteiger partial charge in [0.2, 0.25) is 0 Å². The maximum atomic E-state index is 11.4. The summed E-state index contributed by atoms with van der Waals surface area (Å²) in [5.74, 6) is 0.135. The van der Waals surface area contributed by atoms with Gasteiger partial charge < -0.3 is 14.7 Å². The summed E-state index contributed by atoms with van der Waals surface area (Å²) in [4.78, 5) is 13.5. The highest BCUT2D eigenvalue weighted by molar-refractivity contribution is 5.76. The Morgan fingerprint density at radius 2 is 1.86 bits per heavy atom. The molecule has 1 amide bonds. The molecule has 0 aromatic carbocycles. The van der Waals surface area contributed by atoms with E-state index in [1.54, 1.807) is 0 Å². The van der Waals surface area contributed by atoms with Gasteiger partial charge in [0.1, 0.15) is 0 Å². The van der Waals surface area contributed by atoms with Crippen molar-refractivity contribution in [1.82, 2.24) is 10.2 Å². The van der Waals surface area contributed by atoms with Crippen LogP contribution in [-0.4, -0.2) is 70.2 Å². The number of hydrogen-bond donors (Lipinski definition) is 1. The van der Waals surface area contributed by atoms with Crippen molar-refractivity contribution in [2.24, 2.45) is 0 Å². The van der Waals surface area contributed by atoms with Crippen molar-refractivity contribution in [3.8, 4) is 0 Å². The van der Waals surface area contributed by atoms with E-state index in [4.69, 9.17) is 0 Å². The Labute approximate surface area is 87.5 Å². The van der Waals surface area contributed by atoms with Crippen molar-refractivity contribution < 1.29 is 9.28 Å². The maximum Gasteiger partial charge on any atom is 0.275 e. The lowest BCUT2D eigenvalue weighted by Crippen LogP contribution is -2.44. The zero-order valence-electron chi connectivity index (χ0n) is 10.1. The predicted octanol–water partition coefficient (Wildman–Crippen LogP) is -0.239. The second kappa shape index (κ2) is 5.98. The molecule has 0 fully saturated rings. The normalized spacial score (nSPS) is 11.9. The van der Waals surface area contributed by atoms with Crippen molar-refractivity contribution in [3.63, 3.8) is 0 Å². The highest BCUT2D eigenvalue weighted by atomic mass is 16.2. The van der Waals surface area contributed by atoms with E-state index in [0.717, 1.165) is 19.5 Å². The molecule has 4 nitrogen and oxygen atoms in total. The van der Waals surface area contributed by atoms with Gasteiger partial charge in [-0.25, -0.2) is 0 Å². The van der Waals surface area contributed by atoms with Crippen molar-refractivity contribution in [2.75, 3.05) is 54.9 Å². The van der Waals surface area contributed by atoms with E-state index >= 15 is 0 Å². The van der Waals surface area contributed by atoms with Crippen LogP contribution in [0, 0.1) is 0 Å². The number of likely N-dealkylation sites (N-methyl/N-ethyl adjacent to an activating group) is 1. The Morgan fingerprint density at radius 1 is 1.29 bits per heavy atom. The molecule has 0 bridgehead atoms. The standard InChI is InChI=1S/C10H23N3O/c1-12(2)8-6-7-11-10(14)9-13(3,4)5/h6-9H2,1-5H3/p+1. The Hall–Kier alpha value is -0.610. The van der Waals surface area contributed by atoms with Crippen LogP contribution in [0.1, 0.15) is 6.42 Å². The van der Waals surface area contributed by atoms with E-state index in [2.05, 4.69) is 10.2 Å². The summed E-state index contributed by atoms with van der Waals surface area (Å²) >= 11 is 0. The minimum absolute atomic E-state index is 0.135. The zero-order chi connectivity index (χ0) is 11.2. The molecule has 84 valence electrons. The molecule has 4 heteroatoms. The number of amides is 1. The highest BCUT2D eigenvalue weighted by Crippen LogP contribution is 1.88. The molecule has 0 radical (unpaired) electrons. The smallest absolute Gasteiger partial charge is 0.275 e. The van der Waals surface area contributed by atoms with Gasteiger partial charge in [-0.15, -0.1) is 0 Å². The van der Waals surface area contributed by atoms with E-state index in [1.807, 2.05) is 35.2 Å². The lowest BCUT2D eigenvalue weighted by atomic mass is 10.4. The van der Waals surface area contributed by atoms with E-state index in [1.165, 1.54) is 0 Å². The summed E-state index contributed by atoms with van der Waals surface area (Å²) in [6.07, 6.45) is 1.01. The third kappa shape index (κ3) is 9.48.